The van der Waals surface area contributed by atoms with Crippen LogP contribution in [0.5, 0.6) is 0 Å². The minimum absolute atomic E-state index is 0.488. The molecule has 0 unspecified atom stereocenters. The number of hydrogen-bond acceptors (Lipinski definition) is 2. The Balaban J connectivity index is 1.99. The van der Waals surface area contributed by atoms with E-state index in [-0.39, 0.29) is 0 Å². The van der Waals surface area contributed by atoms with Crippen LogP contribution in [-0.4, -0.2) is 6.54 Å². The van der Waals surface area contributed by atoms with E-state index in [9.17, 15) is 0 Å². The van der Waals surface area contributed by atoms with E-state index in [2.05, 4.69) is 23.5 Å². The molecule has 0 radical (unpaired) electrons. The molecule has 0 heterocycles. The van der Waals surface area contributed by atoms with Gasteiger partial charge in [0.2, 0.25) is 0 Å². The van der Waals surface area contributed by atoms with Crippen LogP contribution >= 0.6 is 11.6 Å². The molecule has 0 atom stereocenters. The summed E-state index contributed by atoms with van der Waals surface area (Å²) in [6.45, 7) is 0.777. The van der Waals surface area contributed by atoms with Gasteiger partial charge in [-0.15, -0.1) is 0 Å². The predicted octanol–water partition coefficient (Wildman–Crippen LogP) is 3.87. The molecule has 0 saturated heterocycles. The Morgan fingerprint density at radius 2 is 1.83 bits per heavy atom. The highest BCUT2D eigenvalue weighted by Crippen LogP contribution is 2.23. The third-order valence-corrected chi connectivity index (χ3v) is 3.01. The molecule has 0 amide bonds. The molecule has 0 bridgehead atoms. The molecule has 18 heavy (non-hydrogen) atoms. The van der Waals surface area contributed by atoms with Gasteiger partial charge in [-0.25, -0.2) is 0 Å². The van der Waals surface area contributed by atoms with Crippen molar-refractivity contribution in [3.05, 3.63) is 64.7 Å². The SMILES string of the molecule is N#Cc1c(Cl)cccc1NCCc1ccccc1. The van der Waals surface area contributed by atoms with Crippen molar-refractivity contribution in [3.63, 3.8) is 0 Å². The fourth-order valence-corrected chi connectivity index (χ4v) is 1.99. The maximum atomic E-state index is 9.04. The molecule has 0 spiro atoms. The Bertz CT molecular complexity index is 558. The highest BCUT2D eigenvalue weighted by Gasteiger charge is 2.05. The lowest BCUT2D eigenvalue weighted by atomic mass is 10.1. The van der Waals surface area contributed by atoms with Gasteiger partial charge in [-0.05, 0) is 24.1 Å². The fourth-order valence-electron chi connectivity index (χ4n) is 1.77. The lowest BCUT2D eigenvalue weighted by Crippen LogP contribution is -2.06. The van der Waals surface area contributed by atoms with Crippen molar-refractivity contribution in [3.8, 4) is 6.07 Å². The Hall–Kier alpha value is -1.98. The number of hydrogen-bond donors (Lipinski definition) is 1. The maximum absolute atomic E-state index is 9.04. The number of nitrogens with one attached hydrogen (secondary N) is 1. The first-order chi connectivity index (χ1) is 8.81. The summed E-state index contributed by atoms with van der Waals surface area (Å²) in [6.07, 6.45) is 0.915. The second-order valence-corrected chi connectivity index (χ2v) is 4.34. The summed E-state index contributed by atoms with van der Waals surface area (Å²) < 4.78 is 0. The zero-order valence-corrected chi connectivity index (χ0v) is 10.6. The van der Waals surface area contributed by atoms with Crippen LogP contribution in [0.15, 0.2) is 48.5 Å². The summed E-state index contributed by atoms with van der Waals surface area (Å²) in [5.74, 6) is 0. The van der Waals surface area contributed by atoms with Crippen LogP contribution in [0.25, 0.3) is 0 Å². The van der Waals surface area contributed by atoms with Crippen LogP contribution in [-0.2, 0) is 6.42 Å². The van der Waals surface area contributed by atoms with Crippen LogP contribution in [0.3, 0.4) is 0 Å². The molecule has 2 nitrogen and oxygen atoms in total. The van der Waals surface area contributed by atoms with Gasteiger partial charge in [0.25, 0.3) is 0 Å². The second-order valence-electron chi connectivity index (χ2n) is 3.94. The molecule has 0 aliphatic heterocycles. The van der Waals surface area contributed by atoms with Crippen molar-refractivity contribution in [1.82, 2.24) is 0 Å². The summed E-state index contributed by atoms with van der Waals surface area (Å²) in [7, 11) is 0. The topological polar surface area (TPSA) is 35.8 Å². The summed E-state index contributed by atoms with van der Waals surface area (Å²) in [4.78, 5) is 0. The first kappa shape index (κ1) is 12.5. The summed E-state index contributed by atoms with van der Waals surface area (Å²) in [6, 6.07) is 17.8. The van der Waals surface area contributed by atoms with Crippen LogP contribution in [0.2, 0.25) is 5.02 Å². The molecule has 90 valence electrons. The van der Waals surface area contributed by atoms with Gasteiger partial charge in [-0.3, -0.25) is 0 Å². The standard InChI is InChI=1S/C15H13ClN2/c16-14-7-4-8-15(13(14)11-17)18-10-9-12-5-2-1-3-6-12/h1-8,18H,9-10H2. The number of benzene rings is 2. The largest absolute Gasteiger partial charge is 0.384 e. The molecule has 2 aromatic rings. The molecule has 2 aromatic carbocycles. The highest BCUT2D eigenvalue weighted by atomic mass is 35.5. The first-order valence-electron chi connectivity index (χ1n) is 5.77. The Labute approximate surface area is 112 Å². The third-order valence-electron chi connectivity index (χ3n) is 2.70. The van der Waals surface area contributed by atoms with Crippen molar-refractivity contribution < 1.29 is 0 Å². The molecule has 1 N–H and O–H groups in total. The van der Waals surface area contributed by atoms with E-state index >= 15 is 0 Å². The monoisotopic (exact) mass is 256 g/mol. The fraction of sp³-hybridized carbons (Fsp3) is 0.133. The van der Waals surface area contributed by atoms with E-state index in [4.69, 9.17) is 16.9 Å². The van der Waals surface area contributed by atoms with Gasteiger partial charge in [0, 0.05) is 6.54 Å². The zero-order chi connectivity index (χ0) is 12.8. The van der Waals surface area contributed by atoms with Crippen molar-refractivity contribution in [2.45, 2.75) is 6.42 Å². The van der Waals surface area contributed by atoms with Crippen LogP contribution in [0.4, 0.5) is 5.69 Å². The molecule has 0 saturated carbocycles. The Morgan fingerprint density at radius 3 is 2.56 bits per heavy atom. The van der Waals surface area contributed by atoms with Gasteiger partial charge in [0.1, 0.15) is 6.07 Å². The first-order valence-corrected chi connectivity index (χ1v) is 6.15. The third kappa shape index (κ3) is 3.03. The Kier molecular flexibility index (Phi) is 4.22. The average Bonchev–Trinajstić information content (AvgIpc) is 2.40. The van der Waals surface area contributed by atoms with Crippen molar-refractivity contribution in [1.29, 1.82) is 5.26 Å². The number of nitriles is 1. The van der Waals surface area contributed by atoms with Crippen molar-refractivity contribution >= 4 is 17.3 Å². The minimum atomic E-state index is 0.488. The molecule has 0 aliphatic carbocycles. The van der Waals surface area contributed by atoms with Gasteiger partial charge in [-0.1, -0.05) is 48.0 Å². The van der Waals surface area contributed by atoms with E-state index in [0.717, 1.165) is 18.7 Å². The molecule has 3 heteroatoms. The molecule has 0 fully saturated rings. The number of rotatable bonds is 4. The van der Waals surface area contributed by atoms with E-state index in [1.165, 1.54) is 5.56 Å². The molecule has 0 aliphatic rings. The van der Waals surface area contributed by atoms with Gasteiger partial charge < -0.3 is 5.32 Å². The zero-order valence-electron chi connectivity index (χ0n) is 9.86. The van der Waals surface area contributed by atoms with Gasteiger partial charge in [0.05, 0.1) is 16.3 Å². The average molecular weight is 257 g/mol. The normalized spacial score (nSPS) is 9.78. The lowest BCUT2D eigenvalue weighted by molar-refractivity contribution is 1.02. The number of nitrogens with zero attached hydrogens (tertiary/aromatic N) is 1. The molecule has 2 rings (SSSR count). The van der Waals surface area contributed by atoms with Gasteiger partial charge in [0.15, 0.2) is 0 Å². The van der Waals surface area contributed by atoms with Gasteiger partial charge >= 0.3 is 0 Å². The molecular weight excluding hydrogens is 244 g/mol. The summed E-state index contributed by atoms with van der Waals surface area (Å²) >= 11 is 5.96. The van der Waals surface area contributed by atoms with Crippen LogP contribution < -0.4 is 5.32 Å². The summed E-state index contributed by atoms with van der Waals surface area (Å²) in [5, 5.41) is 12.8. The molecule has 0 aromatic heterocycles. The van der Waals surface area contributed by atoms with E-state index in [1.54, 1.807) is 6.07 Å². The lowest BCUT2D eigenvalue weighted by Gasteiger charge is -2.09. The van der Waals surface area contributed by atoms with Crippen LogP contribution in [0, 0.1) is 11.3 Å². The highest BCUT2D eigenvalue weighted by molar-refractivity contribution is 6.32. The summed E-state index contributed by atoms with van der Waals surface area (Å²) in [5.41, 5.74) is 2.57. The van der Waals surface area contributed by atoms with E-state index in [1.807, 2.05) is 30.3 Å². The van der Waals surface area contributed by atoms with Crippen molar-refractivity contribution in [2.24, 2.45) is 0 Å². The van der Waals surface area contributed by atoms with E-state index < -0.39 is 0 Å². The van der Waals surface area contributed by atoms with E-state index in [0.29, 0.717) is 10.6 Å². The van der Waals surface area contributed by atoms with Gasteiger partial charge in [-0.2, -0.15) is 5.26 Å². The Morgan fingerprint density at radius 1 is 1.06 bits per heavy atom. The quantitative estimate of drug-likeness (QED) is 0.902. The maximum Gasteiger partial charge on any atom is 0.103 e. The second kappa shape index (κ2) is 6.09. The molecular formula is C15H13ClN2. The number of halogens is 1. The smallest absolute Gasteiger partial charge is 0.103 e. The predicted molar refractivity (Wildman–Crippen MR) is 74.8 cm³/mol. The number of anilines is 1. The van der Waals surface area contributed by atoms with Crippen molar-refractivity contribution in [2.75, 3.05) is 11.9 Å². The minimum Gasteiger partial charge on any atom is -0.384 e. The van der Waals surface area contributed by atoms with Crippen LogP contribution in [0.1, 0.15) is 11.1 Å².